The van der Waals surface area contributed by atoms with E-state index in [-0.39, 0.29) is 11.8 Å². The maximum atomic E-state index is 11.6. The highest BCUT2D eigenvalue weighted by Gasteiger charge is 2.25. The molecule has 1 aliphatic rings. The molecule has 82 valence electrons. The zero-order valence-electron chi connectivity index (χ0n) is 8.88. The Morgan fingerprint density at radius 3 is 2.93 bits per heavy atom. The summed E-state index contributed by atoms with van der Waals surface area (Å²) in [6.07, 6.45) is 1.64. The van der Waals surface area contributed by atoms with Crippen molar-refractivity contribution in [2.75, 3.05) is 18.1 Å². The third kappa shape index (κ3) is 3.50. The van der Waals surface area contributed by atoms with Crippen molar-refractivity contribution in [3.8, 4) is 0 Å². The Morgan fingerprint density at radius 1 is 1.71 bits per heavy atom. The molecule has 0 aromatic rings. The standard InChI is InChI=1S/C10H19NO2S/c1-3-10(2,13)7-11-9(12)8-4-5-14-6-8/h8,13H,3-7H2,1-2H3,(H,11,12). The molecule has 0 aromatic carbocycles. The first kappa shape index (κ1) is 11.9. The van der Waals surface area contributed by atoms with Crippen LogP contribution in [0.15, 0.2) is 0 Å². The summed E-state index contributed by atoms with van der Waals surface area (Å²) in [6.45, 7) is 4.03. The number of aliphatic hydroxyl groups is 1. The maximum absolute atomic E-state index is 11.6. The van der Waals surface area contributed by atoms with Crippen LogP contribution in [0.25, 0.3) is 0 Å². The maximum Gasteiger partial charge on any atom is 0.224 e. The van der Waals surface area contributed by atoms with E-state index in [1.54, 1.807) is 6.92 Å². The Morgan fingerprint density at radius 2 is 2.43 bits per heavy atom. The average Bonchev–Trinajstić information content (AvgIpc) is 2.67. The van der Waals surface area contributed by atoms with Gasteiger partial charge in [-0.2, -0.15) is 11.8 Å². The summed E-state index contributed by atoms with van der Waals surface area (Å²) in [6, 6.07) is 0. The number of nitrogens with one attached hydrogen (secondary N) is 1. The van der Waals surface area contributed by atoms with Crippen molar-refractivity contribution in [2.45, 2.75) is 32.3 Å². The molecule has 2 unspecified atom stereocenters. The normalized spacial score (nSPS) is 25.8. The second-order valence-corrected chi connectivity index (χ2v) is 5.28. The fraction of sp³-hybridized carbons (Fsp3) is 0.900. The number of carbonyl (C=O) groups excluding carboxylic acids is 1. The van der Waals surface area contributed by atoms with Crippen molar-refractivity contribution in [3.05, 3.63) is 0 Å². The van der Waals surface area contributed by atoms with Crippen molar-refractivity contribution in [2.24, 2.45) is 5.92 Å². The van der Waals surface area contributed by atoms with Crippen molar-refractivity contribution in [1.29, 1.82) is 0 Å². The summed E-state index contributed by atoms with van der Waals surface area (Å²) in [5.74, 6) is 2.28. The lowest BCUT2D eigenvalue weighted by atomic mass is 10.0. The molecule has 0 radical (unpaired) electrons. The minimum atomic E-state index is -0.762. The Kier molecular flexibility index (Phi) is 4.26. The van der Waals surface area contributed by atoms with Gasteiger partial charge in [-0.1, -0.05) is 6.92 Å². The summed E-state index contributed by atoms with van der Waals surface area (Å²) >= 11 is 1.83. The summed E-state index contributed by atoms with van der Waals surface area (Å²) < 4.78 is 0. The molecule has 2 N–H and O–H groups in total. The van der Waals surface area contributed by atoms with E-state index in [1.165, 1.54) is 0 Å². The number of carbonyl (C=O) groups is 1. The van der Waals surface area contributed by atoms with Gasteiger partial charge >= 0.3 is 0 Å². The topological polar surface area (TPSA) is 49.3 Å². The number of thioether (sulfide) groups is 1. The zero-order valence-corrected chi connectivity index (χ0v) is 9.69. The molecule has 0 spiro atoms. The number of hydrogen-bond acceptors (Lipinski definition) is 3. The van der Waals surface area contributed by atoms with E-state index in [9.17, 15) is 9.90 Å². The second kappa shape index (κ2) is 5.03. The fourth-order valence-corrected chi connectivity index (χ4v) is 2.51. The molecule has 3 nitrogen and oxygen atoms in total. The molecule has 1 amide bonds. The van der Waals surface area contributed by atoms with Crippen molar-refractivity contribution in [3.63, 3.8) is 0 Å². The first-order chi connectivity index (χ1) is 6.55. The predicted molar refractivity (Wildman–Crippen MR) is 59.4 cm³/mol. The SMILES string of the molecule is CCC(C)(O)CNC(=O)C1CCSC1. The van der Waals surface area contributed by atoms with Crippen LogP contribution in [-0.2, 0) is 4.79 Å². The first-order valence-corrected chi connectivity index (χ1v) is 6.28. The molecule has 0 aromatic heterocycles. The van der Waals surface area contributed by atoms with Gasteiger partial charge in [0.25, 0.3) is 0 Å². The van der Waals surface area contributed by atoms with Crippen LogP contribution in [0, 0.1) is 5.92 Å². The van der Waals surface area contributed by atoms with E-state index in [0.717, 1.165) is 17.9 Å². The lowest BCUT2D eigenvalue weighted by molar-refractivity contribution is -0.125. The van der Waals surface area contributed by atoms with Gasteiger partial charge in [0.15, 0.2) is 0 Å². The van der Waals surface area contributed by atoms with Crippen LogP contribution in [-0.4, -0.2) is 34.7 Å². The number of hydrogen-bond donors (Lipinski definition) is 2. The first-order valence-electron chi connectivity index (χ1n) is 5.13. The van der Waals surface area contributed by atoms with Gasteiger partial charge in [0.1, 0.15) is 0 Å². The van der Waals surface area contributed by atoms with Gasteiger partial charge in [-0.05, 0) is 25.5 Å². The molecule has 0 aliphatic carbocycles. The molecule has 1 aliphatic heterocycles. The summed E-state index contributed by atoms with van der Waals surface area (Å²) in [5, 5.41) is 12.5. The Bertz CT molecular complexity index is 200. The molecular weight excluding hydrogens is 198 g/mol. The van der Waals surface area contributed by atoms with E-state index < -0.39 is 5.60 Å². The molecule has 4 heteroatoms. The van der Waals surface area contributed by atoms with Crippen molar-refractivity contribution < 1.29 is 9.90 Å². The van der Waals surface area contributed by atoms with E-state index >= 15 is 0 Å². The van der Waals surface area contributed by atoms with Gasteiger partial charge in [0.2, 0.25) is 5.91 Å². The molecule has 14 heavy (non-hydrogen) atoms. The zero-order chi connectivity index (χ0) is 10.6. The highest BCUT2D eigenvalue weighted by molar-refractivity contribution is 7.99. The fourth-order valence-electron chi connectivity index (χ4n) is 1.29. The largest absolute Gasteiger partial charge is 0.388 e. The lowest BCUT2D eigenvalue weighted by Crippen LogP contribution is -2.42. The number of amides is 1. The summed E-state index contributed by atoms with van der Waals surface area (Å²) in [7, 11) is 0. The molecule has 1 fully saturated rings. The van der Waals surface area contributed by atoms with E-state index in [0.29, 0.717) is 13.0 Å². The van der Waals surface area contributed by atoms with Crippen LogP contribution in [0.3, 0.4) is 0 Å². The van der Waals surface area contributed by atoms with Crippen LogP contribution in [0.1, 0.15) is 26.7 Å². The van der Waals surface area contributed by atoms with Crippen LogP contribution >= 0.6 is 11.8 Å². The summed E-state index contributed by atoms with van der Waals surface area (Å²) in [4.78, 5) is 11.6. The smallest absolute Gasteiger partial charge is 0.224 e. The van der Waals surface area contributed by atoms with Crippen LogP contribution in [0.4, 0.5) is 0 Å². The van der Waals surface area contributed by atoms with E-state index in [4.69, 9.17) is 0 Å². The monoisotopic (exact) mass is 217 g/mol. The van der Waals surface area contributed by atoms with E-state index in [2.05, 4.69) is 5.32 Å². The number of rotatable bonds is 4. The quantitative estimate of drug-likeness (QED) is 0.739. The molecular formula is C10H19NO2S. The van der Waals surface area contributed by atoms with Crippen LogP contribution in [0.2, 0.25) is 0 Å². The Labute approximate surface area is 89.6 Å². The Balaban J connectivity index is 2.27. The van der Waals surface area contributed by atoms with Crippen molar-refractivity contribution >= 4 is 17.7 Å². The predicted octanol–water partition coefficient (Wildman–Crippen LogP) is 1.02. The highest BCUT2D eigenvalue weighted by Crippen LogP contribution is 2.23. The van der Waals surface area contributed by atoms with E-state index in [1.807, 2.05) is 18.7 Å². The molecule has 2 atom stereocenters. The molecule has 1 heterocycles. The Hall–Kier alpha value is -0.220. The minimum Gasteiger partial charge on any atom is -0.388 e. The minimum absolute atomic E-state index is 0.101. The van der Waals surface area contributed by atoms with Gasteiger partial charge in [0, 0.05) is 18.2 Å². The van der Waals surface area contributed by atoms with Gasteiger partial charge in [-0.3, -0.25) is 4.79 Å². The second-order valence-electron chi connectivity index (χ2n) is 4.13. The van der Waals surface area contributed by atoms with Crippen LogP contribution in [0.5, 0.6) is 0 Å². The third-order valence-electron chi connectivity index (χ3n) is 2.71. The lowest BCUT2D eigenvalue weighted by Gasteiger charge is -2.22. The van der Waals surface area contributed by atoms with Gasteiger partial charge in [-0.25, -0.2) is 0 Å². The molecule has 1 saturated heterocycles. The van der Waals surface area contributed by atoms with Gasteiger partial charge in [-0.15, -0.1) is 0 Å². The molecule has 0 bridgehead atoms. The highest BCUT2D eigenvalue weighted by atomic mass is 32.2. The van der Waals surface area contributed by atoms with Gasteiger partial charge in [0.05, 0.1) is 5.60 Å². The van der Waals surface area contributed by atoms with Crippen molar-refractivity contribution in [1.82, 2.24) is 5.32 Å². The van der Waals surface area contributed by atoms with Crippen LogP contribution < -0.4 is 5.32 Å². The van der Waals surface area contributed by atoms with Gasteiger partial charge < -0.3 is 10.4 Å². The molecule has 1 rings (SSSR count). The molecule has 0 saturated carbocycles. The summed E-state index contributed by atoms with van der Waals surface area (Å²) in [5.41, 5.74) is -0.762. The average molecular weight is 217 g/mol. The third-order valence-corrected chi connectivity index (χ3v) is 3.87.